The lowest BCUT2D eigenvalue weighted by Crippen LogP contribution is -2.11. The summed E-state index contributed by atoms with van der Waals surface area (Å²) in [5, 5.41) is 0. The Kier molecular flexibility index (Phi) is 2.22. The van der Waals surface area contributed by atoms with Gasteiger partial charge in [0.15, 0.2) is 0 Å². The van der Waals surface area contributed by atoms with Crippen molar-refractivity contribution in [2.45, 2.75) is 13.3 Å². The molecule has 17 heavy (non-hydrogen) atoms. The zero-order valence-electron chi connectivity index (χ0n) is 10.1. The molecule has 0 radical (unpaired) electrons. The summed E-state index contributed by atoms with van der Waals surface area (Å²) in [6.07, 6.45) is 9.93. The van der Waals surface area contributed by atoms with Crippen LogP contribution in [0.25, 0.3) is 5.70 Å². The van der Waals surface area contributed by atoms with Gasteiger partial charge in [0, 0.05) is 11.1 Å². The Balaban J connectivity index is 2.08. The van der Waals surface area contributed by atoms with Crippen molar-refractivity contribution in [1.29, 1.82) is 0 Å². The fourth-order valence-electron chi connectivity index (χ4n) is 2.79. The molecular formula is C16H17N. The number of benzene rings is 1. The lowest BCUT2D eigenvalue weighted by Gasteiger charge is -2.20. The summed E-state index contributed by atoms with van der Waals surface area (Å²) < 4.78 is 0. The first-order valence-electron chi connectivity index (χ1n) is 6.15. The fraction of sp³-hybridized carbons (Fsp3) is 0.250. The average Bonchev–Trinajstić information content (AvgIpc) is 3.00. The van der Waals surface area contributed by atoms with Crippen molar-refractivity contribution in [3.63, 3.8) is 0 Å². The molecule has 1 heteroatoms. The molecule has 1 aromatic rings. The molecule has 0 amide bonds. The van der Waals surface area contributed by atoms with Crippen LogP contribution in [0.4, 0.5) is 0 Å². The summed E-state index contributed by atoms with van der Waals surface area (Å²) in [6, 6.07) is 10.3. The second-order valence-electron chi connectivity index (χ2n) is 5.06. The van der Waals surface area contributed by atoms with Crippen LogP contribution in [0.3, 0.4) is 0 Å². The molecular weight excluding hydrogens is 206 g/mol. The van der Waals surface area contributed by atoms with Crippen LogP contribution in [0.15, 0.2) is 60.2 Å². The number of hydrogen-bond donors (Lipinski definition) is 1. The van der Waals surface area contributed by atoms with Crippen LogP contribution < -0.4 is 5.73 Å². The molecule has 0 aromatic heterocycles. The number of allylic oxidation sites excluding steroid dienone is 5. The minimum Gasteiger partial charge on any atom is -0.398 e. The number of rotatable bonds is 1. The quantitative estimate of drug-likeness (QED) is 0.774. The van der Waals surface area contributed by atoms with Crippen molar-refractivity contribution in [2.75, 3.05) is 0 Å². The van der Waals surface area contributed by atoms with Crippen LogP contribution in [-0.2, 0) is 0 Å². The van der Waals surface area contributed by atoms with Gasteiger partial charge in [0.25, 0.3) is 0 Å². The Bertz CT molecular complexity index is 522. The molecule has 3 rings (SSSR count). The third-order valence-corrected chi connectivity index (χ3v) is 4.01. The van der Waals surface area contributed by atoms with Gasteiger partial charge in [-0.3, -0.25) is 0 Å². The summed E-state index contributed by atoms with van der Waals surface area (Å²) in [5.74, 6) is 0.709. The average molecular weight is 223 g/mol. The minimum atomic E-state index is 0.217. The molecule has 0 bridgehead atoms. The first-order valence-corrected chi connectivity index (χ1v) is 6.15. The zero-order chi connectivity index (χ0) is 11.9. The molecule has 86 valence electrons. The van der Waals surface area contributed by atoms with Gasteiger partial charge in [0.1, 0.15) is 0 Å². The van der Waals surface area contributed by atoms with Gasteiger partial charge in [-0.15, -0.1) is 0 Å². The van der Waals surface area contributed by atoms with E-state index < -0.39 is 0 Å². The highest BCUT2D eigenvalue weighted by atomic mass is 14.6. The topological polar surface area (TPSA) is 26.0 Å². The van der Waals surface area contributed by atoms with Crippen molar-refractivity contribution in [3.8, 4) is 0 Å². The van der Waals surface area contributed by atoms with Crippen LogP contribution in [0.1, 0.15) is 18.9 Å². The number of nitrogens with two attached hydrogens (primary N) is 1. The van der Waals surface area contributed by atoms with Crippen LogP contribution >= 0.6 is 0 Å². The molecule has 0 saturated heterocycles. The van der Waals surface area contributed by atoms with Crippen molar-refractivity contribution in [2.24, 2.45) is 17.1 Å². The molecule has 2 atom stereocenters. The Morgan fingerprint density at radius 1 is 1.24 bits per heavy atom. The van der Waals surface area contributed by atoms with E-state index in [1.165, 1.54) is 12.0 Å². The predicted octanol–water partition coefficient (Wildman–Crippen LogP) is 3.51. The van der Waals surface area contributed by atoms with E-state index in [1.807, 2.05) is 18.2 Å². The third kappa shape index (κ3) is 1.54. The van der Waals surface area contributed by atoms with Gasteiger partial charge >= 0.3 is 0 Å². The first kappa shape index (κ1) is 10.4. The van der Waals surface area contributed by atoms with E-state index in [-0.39, 0.29) is 5.41 Å². The van der Waals surface area contributed by atoms with Crippen LogP contribution in [0.5, 0.6) is 0 Å². The fourth-order valence-corrected chi connectivity index (χ4v) is 2.79. The van der Waals surface area contributed by atoms with Crippen LogP contribution in [0, 0.1) is 11.3 Å². The molecule has 0 heterocycles. The largest absolute Gasteiger partial charge is 0.398 e. The van der Waals surface area contributed by atoms with E-state index in [0.29, 0.717) is 5.92 Å². The molecule has 2 N–H and O–H groups in total. The third-order valence-electron chi connectivity index (χ3n) is 4.01. The second kappa shape index (κ2) is 3.63. The monoisotopic (exact) mass is 223 g/mol. The molecule has 1 spiro atoms. The van der Waals surface area contributed by atoms with Gasteiger partial charge in [-0.2, -0.15) is 0 Å². The minimum absolute atomic E-state index is 0.217. The molecule has 1 fully saturated rings. The Labute approximate surface area is 102 Å². The van der Waals surface area contributed by atoms with Crippen LogP contribution in [0.2, 0.25) is 0 Å². The van der Waals surface area contributed by atoms with Crippen molar-refractivity contribution < 1.29 is 0 Å². The predicted molar refractivity (Wildman–Crippen MR) is 72.0 cm³/mol. The highest BCUT2D eigenvalue weighted by molar-refractivity contribution is 5.72. The Morgan fingerprint density at radius 3 is 2.59 bits per heavy atom. The maximum Gasteiger partial charge on any atom is 0.0429 e. The van der Waals surface area contributed by atoms with Crippen molar-refractivity contribution in [1.82, 2.24) is 0 Å². The molecule has 1 saturated carbocycles. The first-order chi connectivity index (χ1) is 8.24. The van der Waals surface area contributed by atoms with Crippen LogP contribution in [-0.4, -0.2) is 0 Å². The molecule has 1 unspecified atom stereocenters. The normalized spacial score (nSPS) is 32.9. The highest BCUT2D eigenvalue weighted by Gasteiger charge is 2.52. The van der Waals surface area contributed by atoms with Gasteiger partial charge in [-0.25, -0.2) is 0 Å². The molecule has 2 aliphatic carbocycles. The summed E-state index contributed by atoms with van der Waals surface area (Å²) in [7, 11) is 0. The van der Waals surface area contributed by atoms with Gasteiger partial charge < -0.3 is 5.73 Å². The Hall–Kier alpha value is -1.76. The standard InChI is InChI=1S/C16H17N/c1-12-11-16(12)10-6-5-9-14(16)15(17)13-7-3-2-4-8-13/h2-10,12H,11,17H2,1H3/b15-14-/t12?,16-/m1/s1. The lowest BCUT2D eigenvalue weighted by molar-refractivity contribution is 0.710. The van der Waals surface area contributed by atoms with E-state index in [4.69, 9.17) is 5.73 Å². The van der Waals surface area contributed by atoms with E-state index >= 15 is 0 Å². The molecule has 1 aromatic carbocycles. The molecule has 2 aliphatic rings. The maximum atomic E-state index is 6.34. The van der Waals surface area contributed by atoms with Gasteiger partial charge in [0.05, 0.1) is 0 Å². The summed E-state index contributed by atoms with van der Waals surface area (Å²) in [5.41, 5.74) is 9.90. The maximum absolute atomic E-state index is 6.34. The van der Waals surface area contributed by atoms with Gasteiger partial charge in [-0.05, 0) is 23.5 Å². The second-order valence-corrected chi connectivity index (χ2v) is 5.06. The molecule has 1 nitrogen and oxygen atoms in total. The summed E-state index contributed by atoms with van der Waals surface area (Å²) in [6.45, 7) is 2.29. The molecule has 0 aliphatic heterocycles. The van der Waals surface area contributed by atoms with E-state index in [0.717, 1.165) is 11.3 Å². The van der Waals surface area contributed by atoms with E-state index in [9.17, 15) is 0 Å². The van der Waals surface area contributed by atoms with Crippen molar-refractivity contribution >= 4 is 5.70 Å². The summed E-state index contributed by atoms with van der Waals surface area (Å²) in [4.78, 5) is 0. The lowest BCUT2D eigenvalue weighted by atomic mass is 9.86. The van der Waals surface area contributed by atoms with Crippen molar-refractivity contribution in [3.05, 3.63) is 65.8 Å². The highest BCUT2D eigenvalue weighted by Crippen LogP contribution is 2.61. The van der Waals surface area contributed by atoms with Gasteiger partial charge in [0.2, 0.25) is 0 Å². The van der Waals surface area contributed by atoms with E-state index in [2.05, 4.69) is 43.4 Å². The Morgan fingerprint density at radius 2 is 1.94 bits per heavy atom. The summed E-state index contributed by atoms with van der Waals surface area (Å²) >= 11 is 0. The van der Waals surface area contributed by atoms with E-state index in [1.54, 1.807) is 0 Å². The smallest absolute Gasteiger partial charge is 0.0429 e. The van der Waals surface area contributed by atoms with Gasteiger partial charge in [-0.1, -0.05) is 61.6 Å². The number of hydrogen-bond acceptors (Lipinski definition) is 1. The zero-order valence-corrected chi connectivity index (χ0v) is 10.1. The SMILES string of the molecule is CC1C[C@]12C=CC=C/C2=C(/N)c1ccccc1.